The van der Waals surface area contributed by atoms with E-state index in [0.29, 0.717) is 44.3 Å². The van der Waals surface area contributed by atoms with E-state index < -0.39 is 10.0 Å². The molecule has 2 saturated heterocycles. The van der Waals surface area contributed by atoms with E-state index in [1.54, 1.807) is 12.1 Å². The molecule has 2 heterocycles. The van der Waals surface area contributed by atoms with Gasteiger partial charge in [0.1, 0.15) is 0 Å². The zero-order chi connectivity index (χ0) is 21.6. The number of hydrogen-bond acceptors (Lipinski definition) is 5. The minimum atomic E-state index is -3.65. The second-order valence-corrected chi connectivity index (χ2v) is 10.5. The number of carbonyl (C=O) groups is 1. The van der Waals surface area contributed by atoms with E-state index >= 15 is 0 Å². The van der Waals surface area contributed by atoms with Crippen molar-refractivity contribution in [2.45, 2.75) is 50.8 Å². The normalized spacial score (nSPS) is 18.6. The van der Waals surface area contributed by atoms with Crippen LogP contribution in [-0.4, -0.2) is 64.6 Å². The first-order valence-corrected chi connectivity index (χ1v) is 12.6. The first-order chi connectivity index (χ1) is 14.4. The molecule has 7 nitrogen and oxygen atoms in total. The highest BCUT2D eigenvalue weighted by Crippen LogP contribution is 2.28. The van der Waals surface area contributed by atoms with Crippen molar-refractivity contribution in [3.05, 3.63) is 23.8 Å². The maximum atomic E-state index is 13.1. The number of piperidine rings is 1. The van der Waals surface area contributed by atoms with Crippen LogP contribution in [0.5, 0.6) is 0 Å². The van der Waals surface area contributed by atoms with Gasteiger partial charge < -0.3 is 15.0 Å². The van der Waals surface area contributed by atoms with Crippen LogP contribution in [0.1, 0.15) is 56.3 Å². The minimum absolute atomic E-state index is 0.178. The Balaban J connectivity index is 1.85. The summed E-state index contributed by atoms with van der Waals surface area (Å²) < 4.78 is 32.9. The Hall–Kier alpha value is -1.64. The smallest absolute Gasteiger partial charge is 0.253 e. The standard InChI is InChI=1S/C22H35N3O4S/c1-18(2)7-6-10-23-22(26)20-17-19(30(27,28)25-13-15-29-16-14-25)8-9-21(20)24-11-4-3-5-12-24/h8-9,17-18H,3-7,10-16H2,1-2H3,(H,23,26). The van der Waals surface area contributed by atoms with Gasteiger partial charge in [-0.05, 0) is 56.2 Å². The van der Waals surface area contributed by atoms with Gasteiger partial charge in [0.15, 0.2) is 0 Å². The van der Waals surface area contributed by atoms with E-state index in [2.05, 4.69) is 24.1 Å². The van der Waals surface area contributed by atoms with E-state index in [1.807, 2.05) is 6.07 Å². The van der Waals surface area contributed by atoms with Crippen molar-refractivity contribution in [2.75, 3.05) is 50.8 Å². The third-order valence-electron chi connectivity index (χ3n) is 5.76. The number of amides is 1. The molecule has 0 spiro atoms. The van der Waals surface area contributed by atoms with Crippen molar-refractivity contribution in [1.29, 1.82) is 0 Å². The van der Waals surface area contributed by atoms with Crippen molar-refractivity contribution in [3.8, 4) is 0 Å². The molecule has 3 rings (SSSR count). The summed E-state index contributed by atoms with van der Waals surface area (Å²) in [6.07, 6.45) is 5.32. The van der Waals surface area contributed by atoms with Gasteiger partial charge in [-0.25, -0.2) is 8.42 Å². The van der Waals surface area contributed by atoms with Crippen molar-refractivity contribution in [2.24, 2.45) is 5.92 Å². The van der Waals surface area contributed by atoms with Crippen molar-refractivity contribution >= 4 is 21.6 Å². The lowest BCUT2D eigenvalue weighted by Gasteiger charge is -2.31. The molecule has 0 aromatic heterocycles. The monoisotopic (exact) mass is 437 g/mol. The first-order valence-electron chi connectivity index (χ1n) is 11.1. The van der Waals surface area contributed by atoms with Crippen LogP contribution in [0.25, 0.3) is 0 Å². The summed E-state index contributed by atoms with van der Waals surface area (Å²) in [7, 11) is -3.65. The Morgan fingerprint density at radius 1 is 1.10 bits per heavy atom. The zero-order valence-electron chi connectivity index (χ0n) is 18.2. The van der Waals surface area contributed by atoms with Gasteiger partial charge in [0.05, 0.1) is 23.7 Å². The van der Waals surface area contributed by atoms with Crippen LogP contribution in [0, 0.1) is 5.92 Å². The third kappa shape index (κ3) is 5.74. The average molecular weight is 438 g/mol. The quantitative estimate of drug-likeness (QED) is 0.633. The molecule has 1 N–H and O–H groups in total. The topological polar surface area (TPSA) is 79.0 Å². The van der Waals surface area contributed by atoms with Gasteiger partial charge in [-0.2, -0.15) is 4.31 Å². The highest BCUT2D eigenvalue weighted by molar-refractivity contribution is 7.89. The molecule has 0 atom stereocenters. The molecule has 1 aromatic carbocycles. The van der Waals surface area contributed by atoms with Crippen LogP contribution in [0.2, 0.25) is 0 Å². The number of hydrogen-bond donors (Lipinski definition) is 1. The maximum Gasteiger partial charge on any atom is 0.253 e. The van der Waals surface area contributed by atoms with Crippen LogP contribution < -0.4 is 10.2 Å². The summed E-state index contributed by atoms with van der Waals surface area (Å²) in [4.78, 5) is 15.4. The molecule has 0 saturated carbocycles. The molecular formula is C22H35N3O4S. The van der Waals surface area contributed by atoms with Gasteiger partial charge in [0.25, 0.3) is 5.91 Å². The van der Waals surface area contributed by atoms with Crippen molar-refractivity contribution < 1.29 is 17.9 Å². The van der Waals surface area contributed by atoms with Gasteiger partial charge in [-0.3, -0.25) is 4.79 Å². The molecule has 168 valence electrons. The predicted molar refractivity (Wildman–Crippen MR) is 118 cm³/mol. The van der Waals surface area contributed by atoms with Gasteiger partial charge in [0, 0.05) is 38.4 Å². The molecule has 8 heteroatoms. The SMILES string of the molecule is CC(C)CCCNC(=O)c1cc(S(=O)(=O)N2CCOCC2)ccc1N1CCCCC1. The molecule has 2 aliphatic heterocycles. The Morgan fingerprint density at radius 2 is 1.80 bits per heavy atom. The Morgan fingerprint density at radius 3 is 2.47 bits per heavy atom. The van der Waals surface area contributed by atoms with E-state index in [1.165, 1.54) is 10.7 Å². The molecule has 0 unspecified atom stereocenters. The number of sulfonamides is 1. The highest BCUT2D eigenvalue weighted by atomic mass is 32.2. The molecule has 30 heavy (non-hydrogen) atoms. The van der Waals surface area contributed by atoms with Crippen LogP contribution in [0.3, 0.4) is 0 Å². The lowest BCUT2D eigenvalue weighted by atomic mass is 10.1. The molecule has 0 bridgehead atoms. The van der Waals surface area contributed by atoms with E-state index in [-0.39, 0.29) is 10.8 Å². The molecule has 2 aliphatic rings. The number of anilines is 1. The number of carbonyl (C=O) groups excluding carboxylic acids is 1. The van der Waals surface area contributed by atoms with Crippen LogP contribution in [0.15, 0.2) is 23.1 Å². The summed E-state index contributed by atoms with van der Waals surface area (Å²) in [5.41, 5.74) is 1.28. The fourth-order valence-corrected chi connectivity index (χ4v) is 5.45. The molecule has 0 radical (unpaired) electrons. The number of morpholine rings is 1. The first kappa shape index (κ1) is 23.0. The van der Waals surface area contributed by atoms with Gasteiger partial charge in [-0.15, -0.1) is 0 Å². The zero-order valence-corrected chi connectivity index (χ0v) is 19.0. The lowest BCUT2D eigenvalue weighted by molar-refractivity contribution is 0.0730. The molecular weight excluding hydrogens is 402 g/mol. The molecule has 1 amide bonds. The summed E-state index contributed by atoms with van der Waals surface area (Å²) in [5, 5.41) is 3.00. The van der Waals surface area contributed by atoms with E-state index in [0.717, 1.165) is 44.5 Å². The number of nitrogens with one attached hydrogen (secondary N) is 1. The van der Waals surface area contributed by atoms with Crippen LogP contribution in [-0.2, 0) is 14.8 Å². The fraction of sp³-hybridized carbons (Fsp3) is 0.682. The van der Waals surface area contributed by atoms with Gasteiger partial charge in [0.2, 0.25) is 10.0 Å². The molecule has 1 aromatic rings. The number of nitrogens with zero attached hydrogens (tertiary/aromatic N) is 2. The molecule has 2 fully saturated rings. The highest BCUT2D eigenvalue weighted by Gasteiger charge is 2.28. The largest absolute Gasteiger partial charge is 0.379 e. The maximum absolute atomic E-state index is 13.1. The summed E-state index contributed by atoms with van der Waals surface area (Å²) in [6, 6.07) is 5.01. The molecule has 0 aliphatic carbocycles. The Bertz CT molecular complexity index is 814. The van der Waals surface area contributed by atoms with Crippen LogP contribution >= 0.6 is 0 Å². The minimum Gasteiger partial charge on any atom is -0.379 e. The number of rotatable bonds is 8. The Labute approximate surface area is 180 Å². The van der Waals surface area contributed by atoms with Crippen LogP contribution in [0.4, 0.5) is 5.69 Å². The van der Waals surface area contributed by atoms with Gasteiger partial charge in [-0.1, -0.05) is 13.8 Å². The lowest BCUT2D eigenvalue weighted by Crippen LogP contribution is -2.40. The third-order valence-corrected chi connectivity index (χ3v) is 7.66. The summed E-state index contributed by atoms with van der Waals surface area (Å²) >= 11 is 0. The fourth-order valence-electron chi connectivity index (χ4n) is 4.01. The van der Waals surface area contributed by atoms with Crippen molar-refractivity contribution in [1.82, 2.24) is 9.62 Å². The van der Waals surface area contributed by atoms with E-state index in [9.17, 15) is 13.2 Å². The summed E-state index contributed by atoms with van der Waals surface area (Å²) in [5.74, 6) is 0.395. The summed E-state index contributed by atoms with van der Waals surface area (Å²) in [6.45, 7) is 8.18. The predicted octanol–water partition coefficient (Wildman–Crippen LogP) is 2.86. The van der Waals surface area contributed by atoms with E-state index in [4.69, 9.17) is 4.74 Å². The Kier molecular flexibility index (Phi) is 8.13. The second-order valence-electron chi connectivity index (χ2n) is 8.54. The average Bonchev–Trinajstić information content (AvgIpc) is 2.77. The van der Waals surface area contributed by atoms with Crippen molar-refractivity contribution in [3.63, 3.8) is 0 Å². The second kappa shape index (κ2) is 10.6. The van der Waals surface area contributed by atoms with Gasteiger partial charge >= 0.3 is 0 Å². The number of ether oxygens (including phenoxy) is 1. The number of benzene rings is 1.